The van der Waals surface area contributed by atoms with Crippen LogP contribution in [-0.4, -0.2) is 5.11 Å². The van der Waals surface area contributed by atoms with Gasteiger partial charge in [-0.05, 0) is 36.3 Å². The summed E-state index contributed by atoms with van der Waals surface area (Å²) in [5, 5.41) is 10.5. The van der Waals surface area contributed by atoms with E-state index in [4.69, 9.17) is 0 Å². The summed E-state index contributed by atoms with van der Waals surface area (Å²) < 4.78 is 0. The Morgan fingerprint density at radius 1 is 1.18 bits per heavy atom. The van der Waals surface area contributed by atoms with E-state index < -0.39 is 0 Å². The molecule has 1 unspecified atom stereocenters. The lowest BCUT2D eigenvalue weighted by molar-refractivity contribution is 0.0987. The Bertz CT molecular complexity index is 337. The zero-order chi connectivity index (χ0) is 12.1. The molecule has 1 nitrogen and oxygen atoms in total. The molecular weight excluding hydrogens is 208 g/mol. The van der Waals surface area contributed by atoms with Crippen LogP contribution in [-0.2, 0) is 6.42 Å². The number of rotatable bonds is 3. The maximum absolute atomic E-state index is 10.5. The first-order chi connectivity index (χ1) is 8.31. The molecule has 0 bridgehead atoms. The standard InChI is InChI=1S/C16H24O/c1-2-13-8-7-11-15(12-13)16(17)14-9-5-3-4-6-10-14/h7-8,11-12,14,16-17H,2-6,9-10H2,1H3. The number of aliphatic hydroxyl groups excluding tert-OH is 1. The number of aliphatic hydroxyl groups is 1. The molecule has 1 aromatic carbocycles. The lowest BCUT2D eigenvalue weighted by Gasteiger charge is -2.22. The molecule has 0 radical (unpaired) electrons. The third-order valence-electron chi connectivity index (χ3n) is 4.05. The fourth-order valence-corrected chi connectivity index (χ4v) is 2.90. The van der Waals surface area contributed by atoms with E-state index in [1.807, 2.05) is 0 Å². The highest BCUT2D eigenvalue weighted by atomic mass is 16.3. The van der Waals surface area contributed by atoms with Gasteiger partial charge in [0.2, 0.25) is 0 Å². The first-order valence-corrected chi connectivity index (χ1v) is 7.08. The fourth-order valence-electron chi connectivity index (χ4n) is 2.90. The van der Waals surface area contributed by atoms with Gasteiger partial charge in [0.1, 0.15) is 0 Å². The second kappa shape index (κ2) is 6.20. The Morgan fingerprint density at radius 3 is 2.53 bits per heavy atom. The van der Waals surface area contributed by atoms with E-state index in [9.17, 15) is 5.11 Å². The van der Waals surface area contributed by atoms with Crippen LogP contribution in [0.2, 0.25) is 0 Å². The molecule has 0 aliphatic heterocycles. The lowest BCUT2D eigenvalue weighted by Crippen LogP contribution is -2.12. The van der Waals surface area contributed by atoms with Gasteiger partial charge in [-0.15, -0.1) is 0 Å². The van der Waals surface area contributed by atoms with Crippen molar-refractivity contribution in [2.75, 3.05) is 0 Å². The van der Waals surface area contributed by atoms with Crippen molar-refractivity contribution in [3.8, 4) is 0 Å². The van der Waals surface area contributed by atoms with Gasteiger partial charge in [-0.3, -0.25) is 0 Å². The first kappa shape index (κ1) is 12.6. The van der Waals surface area contributed by atoms with E-state index in [1.165, 1.54) is 44.1 Å². The molecule has 1 aromatic rings. The Hall–Kier alpha value is -0.820. The molecule has 0 heterocycles. The third kappa shape index (κ3) is 3.32. The summed E-state index contributed by atoms with van der Waals surface area (Å²) >= 11 is 0. The largest absolute Gasteiger partial charge is 0.388 e. The van der Waals surface area contributed by atoms with Crippen LogP contribution < -0.4 is 0 Å². The fraction of sp³-hybridized carbons (Fsp3) is 0.625. The Balaban J connectivity index is 2.08. The van der Waals surface area contributed by atoms with Crippen LogP contribution in [0.5, 0.6) is 0 Å². The van der Waals surface area contributed by atoms with E-state index in [-0.39, 0.29) is 6.10 Å². The van der Waals surface area contributed by atoms with Crippen molar-refractivity contribution >= 4 is 0 Å². The van der Waals surface area contributed by atoms with E-state index in [0.29, 0.717) is 5.92 Å². The molecule has 1 fully saturated rings. The first-order valence-electron chi connectivity index (χ1n) is 7.08. The van der Waals surface area contributed by atoms with Crippen LogP contribution in [0.1, 0.15) is 62.7 Å². The van der Waals surface area contributed by atoms with Crippen molar-refractivity contribution in [3.05, 3.63) is 35.4 Å². The minimum atomic E-state index is -0.250. The summed E-state index contributed by atoms with van der Waals surface area (Å²) in [5.41, 5.74) is 2.45. The second-order valence-corrected chi connectivity index (χ2v) is 5.30. The topological polar surface area (TPSA) is 20.2 Å². The van der Waals surface area contributed by atoms with E-state index in [0.717, 1.165) is 12.0 Å². The molecular formula is C16H24O. The summed E-state index contributed by atoms with van der Waals surface area (Å²) in [6.45, 7) is 2.16. The molecule has 0 aromatic heterocycles. The number of aryl methyl sites for hydroxylation is 1. The molecule has 1 aliphatic rings. The number of hydrogen-bond donors (Lipinski definition) is 1. The minimum Gasteiger partial charge on any atom is -0.388 e. The maximum atomic E-state index is 10.5. The molecule has 94 valence electrons. The average Bonchev–Trinajstić information content (AvgIpc) is 2.67. The highest BCUT2D eigenvalue weighted by Gasteiger charge is 2.22. The van der Waals surface area contributed by atoms with Gasteiger partial charge in [0.15, 0.2) is 0 Å². The van der Waals surface area contributed by atoms with Crippen molar-refractivity contribution in [1.29, 1.82) is 0 Å². The van der Waals surface area contributed by atoms with Crippen LogP contribution in [0.3, 0.4) is 0 Å². The molecule has 1 N–H and O–H groups in total. The summed E-state index contributed by atoms with van der Waals surface area (Å²) in [6.07, 6.45) is 8.45. The van der Waals surface area contributed by atoms with E-state index in [1.54, 1.807) is 0 Å². The predicted molar refractivity (Wildman–Crippen MR) is 72.0 cm³/mol. The number of benzene rings is 1. The second-order valence-electron chi connectivity index (χ2n) is 5.30. The van der Waals surface area contributed by atoms with Crippen molar-refractivity contribution in [1.82, 2.24) is 0 Å². The summed E-state index contributed by atoms with van der Waals surface area (Å²) in [6, 6.07) is 8.47. The Kier molecular flexibility index (Phi) is 4.61. The normalized spacial score (nSPS) is 19.9. The monoisotopic (exact) mass is 232 g/mol. The summed E-state index contributed by atoms with van der Waals surface area (Å²) in [5.74, 6) is 0.476. The van der Waals surface area contributed by atoms with Crippen LogP contribution in [0.4, 0.5) is 0 Å². The molecule has 0 spiro atoms. The predicted octanol–water partition coefficient (Wildman–Crippen LogP) is 4.25. The molecule has 1 saturated carbocycles. The highest BCUT2D eigenvalue weighted by Crippen LogP contribution is 2.33. The molecule has 1 atom stereocenters. The zero-order valence-electron chi connectivity index (χ0n) is 10.9. The quantitative estimate of drug-likeness (QED) is 0.772. The summed E-state index contributed by atoms with van der Waals surface area (Å²) in [7, 11) is 0. The van der Waals surface area contributed by atoms with Gasteiger partial charge in [-0.25, -0.2) is 0 Å². The van der Waals surface area contributed by atoms with Gasteiger partial charge in [0.05, 0.1) is 6.10 Å². The zero-order valence-corrected chi connectivity index (χ0v) is 10.9. The van der Waals surface area contributed by atoms with Gasteiger partial charge in [0, 0.05) is 0 Å². The molecule has 17 heavy (non-hydrogen) atoms. The van der Waals surface area contributed by atoms with Crippen LogP contribution in [0, 0.1) is 5.92 Å². The van der Waals surface area contributed by atoms with Crippen molar-refractivity contribution in [2.24, 2.45) is 5.92 Å². The summed E-state index contributed by atoms with van der Waals surface area (Å²) in [4.78, 5) is 0. The maximum Gasteiger partial charge on any atom is 0.0818 e. The SMILES string of the molecule is CCc1cccc(C(O)C2CCCCCC2)c1. The molecule has 1 heteroatoms. The average molecular weight is 232 g/mol. The Labute approximate surface area is 105 Å². The van der Waals surface area contributed by atoms with Gasteiger partial charge in [-0.1, -0.05) is 56.9 Å². The molecule has 1 aliphatic carbocycles. The molecule has 0 amide bonds. The highest BCUT2D eigenvalue weighted by molar-refractivity contribution is 5.25. The molecule has 0 saturated heterocycles. The van der Waals surface area contributed by atoms with Gasteiger partial charge < -0.3 is 5.11 Å². The van der Waals surface area contributed by atoms with Crippen molar-refractivity contribution in [2.45, 2.75) is 58.0 Å². The van der Waals surface area contributed by atoms with Crippen molar-refractivity contribution in [3.63, 3.8) is 0 Å². The number of hydrogen-bond acceptors (Lipinski definition) is 1. The van der Waals surface area contributed by atoms with E-state index >= 15 is 0 Å². The minimum absolute atomic E-state index is 0.250. The van der Waals surface area contributed by atoms with Crippen LogP contribution >= 0.6 is 0 Å². The van der Waals surface area contributed by atoms with E-state index in [2.05, 4.69) is 31.2 Å². The van der Waals surface area contributed by atoms with Gasteiger partial charge >= 0.3 is 0 Å². The smallest absolute Gasteiger partial charge is 0.0818 e. The van der Waals surface area contributed by atoms with Crippen molar-refractivity contribution < 1.29 is 5.11 Å². The lowest BCUT2D eigenvalue weighted by atomic mass is 9.89. The van der Waals surface area contributed by atoms with Gasteiger partial charge in [0.25, 0.3) is 0 Å². The van der Waals surface area contributed by atoms with Crippen LogP contribution in [0.25, 0.3) is 0 Å². The van der Waals surface area contributed by atoms with Crippen LogP contribution in [0.15, 0.2) is 24.3 Å². The Morgan fingerprint density at radius 2 is 1.88 bits per heavy atom. The van der Waals surface area contributed by atoms with Gasteiger partial charge in [-0.2, -0.15) is 0 Å². The molecule has 2 rings (SSSR count). The third-order valence-corrected chi connectivity index (χ3v) is 4.05.